The van der Waals surface area contributed by atoms with Crippen molar-refractivity contribution in [2.75, 3.05) is 0 Å². The van der Waals surface area contributed by atoms with Gasteiger partial charge in [-0.1, -0.05) is 46.3 Å². The highest BCUT2D eigenvalue weighted by Gasteiger charge is 1.99. The molecule has 0 aliphatic carbocycles. The van der Waals surface area contributed by atoms with Gasteiger partial charge < -0.3 is 4.74 Å². The molecular formula is C14H13BrO. The van der Waals surface area contributed by atoms with E-state index in [2.05, 4.69) is 35.0 Å². The molecule has 2 rings (SSSR count). The van der Waals surface area contributed by atoms with Gasteiger partial charge in [-0.3, -0.25) is 0 Å². The molecule has 0 unspecified atom stereocenters. The Hall–Kier alpha value is -1.28. The first-order valence-corrected chi connectivity index (χ1v) is 5.98. The van der Waals surface area contributed by atoms with Crippen LogP contribution in [0.25, 0.3) is 0 Å². The van der Waals surface area contributed by atoms with E-state index >= 15 is 0 Å². The van der Waals surface area contributed by atoms with E-state index in [0.29, 0.717) is 6.61 Å². The maximum atomic E-state index is 5.72. The highest BCUT2D eigenvalue weighted by atomic mass is 79.9. The molecule has 1 nitrogen and oxygen atoms in total. The van der Waals surface area contributed by atoms with Crippen LogP contribution in [0.3, 0.4) is 0 Å². The van der Waals surface area contributed by atoms with E-state index in [9.17, 15) is 0 Å². The second-order valence-electron chi connectivity index (χ2n) is 3.70. The number of benzene rings is 2. The number of ether oxygens (including phenoxy) is 1. The number of halogens is 1. The molecule has 0 aromatic heterocycles. The average Bonchev–Trinajstić information content (AvgIpc) is 2.28. The zero-order valence-corrected chi connectivity index (χ0v) is 10.7. The van der Waals surface area contributed by atoms with Crippen molar-refractivity contribution in [2.24, 2.45) is 0 Å². The third kappa shape index (κ3) is 2.86. The summed E-state index contributed by atoms with van der Waals surface area (Å²) in [5, 5.41) is 0. The van der Waals surface area contributed by atoms with Crippen LogP contribution >= 0.6 is 15.9 Å². The van der Waals surface area contributed by atoms with Crippen molar-refractivity contribution >= 4 is 15.9 Å². The molecule has 0 amide bonds. The van der Waals surface area contributed by atoms with E-state index in [1.165, 1.54) is 5.56 Å². The SMILES string of the molecule is Cc1cccc(OCc2ccccc2Br)c1. The molecule has 0 fully saturated rings. The lowest BCUT2D eigenvalue weighted by Crippen LogP contribution is -1.96. The molecule has 0 spiro atoms. The Morgan fingerprint density at radius 1 is 1.06 bits per heavy atom. The van der Waals surface area contributed by atoms with Crippen molar-refractivity contribution in [3.05, 3.63) is 64.1 Å². The molecule has 2 aromatic rings. The first-order valence-electron chi connectivity index (χ1n) is 5.18. The lowest BCUT2D eigenvalue weighted by Gasteiger charge is -2.08. The molecule has 0 saturated heterocycles. The van der Waals surface area contributed by atoms with Crippen LogP contribution in [0, 0.1) is 6.92 Å². The quantitative estimate of drug-likeness (QED) is 0.811. The van der Waals surface area contributed by atoms with Gasteiger partial charge in [0.1, 0.15) is 12.4 Å². The Morgan fingerprint density at radius 2 is 1.88 bits per heavy atom. The van der Waals surface area contributed by atoms with Crippen molar-refractivity contribution in [2.45, 2.75) is 13.5 Å². The molecule has 0 radical (unpaired) electrons. The zero-order valence-electron chi connectivity index (χ0n) is 9.11. The fourth-order valence-corrected chi connectivity index (χ4v) is 1.88. The smallest absolute Gasteiger partial charge is 0.120 e. The normalized spacial score (nSPS) is 10.1. The van der Waals surface area contributed by atoms with E-state index in [1.54, 1.807) is 0 Å². The number of hydrogen-bond acceptors (Lipinski definition) is 1. The molecule has 0 atom stereocenters. The van der Waals surface area contributed by atoms with Crippen molar-refractivity contribution in [3.63, 3.8) is 0 Å². The third-order valence-corrected chi connectivity index (χ3v) is 3.12. The van der Waals surface area contributed by atoms with E-state index in [4.69, 9.17) is 4.74 Å². The maximum Gasteiger partial charge on any atom is 0.120 e. The van der Waals surface area contributed by atoms with Gasteiger partial charge in [0.25, 0.3) is 0 Å². The summed E-state index contributed by atoms with van der Waals surface area (Å²) < 4.78 is 6.81. The van der Waals surface area contributed by atoms with E-state index < -0.39 is 0 Å². The monoisotopic (exact) mass is 276 g/mol. The summed E-state index contributed by atoms with van der Waals surface area (Å²) in [5.41, 5.74) is 2.37. The second-order valence-corrected chi connectivity index (χ2v) is 4.55. The van der Waals surface area contributed by atoms with Crippen molar-refractivity contribution in [3.8, 4) is 5.75 Å². The van der Waals surface area contributed by atoms with Gasteiger partial charge in [0.05, 0.1) is 0 Å². The van der Waals surface area contributed by atoms with Crippen LogP contribution in [0.4, 0.5) is 0 Å². The summed E-state index contributed by atoms with van der Waals surface area (Å²) in [6, 6.07) is 16.2. The number of rotatable bonds is 3. The first kappa shape index (κ1) is 11.2. The minimum absolute atomic E-state index is 0.588. The van der Waals surface area contributed by atoms with Gasteiger partial charge in [-0.15, -0.1) is 0 Å². The minimum atomic E-state index is 0.588. The average molecular weight is 277 g/mol. The predicted molar refractivity (Wildman–Crippen MR) is 69.7 cm³/mol. The summed E-state index contributed by atoms with van der Waals surface area (Å²) in [6.45, 7) is 2.65. The Balaban J connectivity index is 2.05. The van der Waals surface area contributed by atoms with Gasteiger partial charge in [-0.25, -0.2) is 0 Å². The fraction of sp³-hybridized carbons (Fsp3) is 0.143. The lowest BCUT2D eigenvalue weighted by molar-refractivity contribution is 0.305. The van der Waals surface area contributed by atoms with Gasteiger partial charge in [0, 0.05) is 10.0 Å². The molecule has 0 aliphatic heterocycles. The summed E-state index contributed by atoms with van der Waals surface area (Å²) in [6.07, 6.45) is 0. The highest BCUT2D eigenvalue weighted by Crippen LogP contribution is 2.19. The molecule has 0 N–H and O–H groups in total. The van der Waals surface area contributed by atoms with Crippen LogP contribution in [0.1, 0.15) is 11.1 Å². The second kappa shape index (κ2) is 5.17. The van der Waals surface area contributed by atoms with Crippen LogP contribution < -0.4 is 4.74 Å². The Bertz CT molecular complexity index is 480. The largest absolute Gasteiger partial charge is 0.489 e. The molecule has 0 bridgehead atoms. The maximum absolute atomic E-state index is 5.72. The summed E-state index contributed by atoms with van der Waals surface area (Å²) >= 11 is 3.50. The highest BCUT2D eigenvalue weighted by molar-refractivity contribution is 9.10. The van der Waals surface area contributed by atoms with Crippen molar-refractivity contribution in [1.82, 2.24) is 0 Å². The molecule has 82 valence electrons. The van der Waals surface area contributed by atoms with Gasteiger partial charge >= 0.3 is 0 Å². The van der Waals surface area contributed by atoms with E-state index in [0.717, 1.165) is 15.8 Å². The minimum Gasteiger partial charge on any atom is -0.489 e. The predicted octanol–water partition coefficient (Wildman–Crippen LogP) is 4.34. The Labute approximate surface area is 104 Å². The molecular weight excluding hydrogens is 264 g/mol. The van der Waals surface area contributed by atoms with Crippen LogP contribution in [0.2, 0.25) is 0 Å². The first-order chi connectivity index (χ1) is 7.75. The third-order valence-electron chi connectivity index (χ3n) is 2.34. The van der Waals surface area contributed by atoms with Crippen LogP contribution in [-0.4, -0.2) is 0 Å². The van der Waals surface area contributed by atoms with Gasteiger partial charge in [0.15, 0.2) is 0 Å². The summed E-state index contributed by atoms with van der Waals surface area (Å²) in [5.74, 6) is 0.913. The Kier molecular flexibility index (Phi) is 3.62. The van der Waals surface area contributed by atoms with Crippen molar-refractivity contribution < 1.29 is 4.74 Å². The van der Waals surface area contributed by atoms with E-state index in [1.807, 2.05) is 36.4 Å². The number of aryl methyl sites for hydroxylation is 1. The molecule has 0 saturated carbocycles. The molecule has 0 aliphatic rings. The van der Waals surface area contributed by atoms with Crippen LogP contribution in [-0.2, 0) is 6.61 Å². The lowest BCUT2D eigenvalue weighted by atomic mass is 10.2. The number of hydrogen-bond donors (Lipinski definition) is 0. The molecule has 2 aromatic carbocycles. The van der Waals surface area contributed by atoms with Gasteiger partial charge in [-0.2, -0.15) is 0 Å². The summed E-state index contributed by atoms with van der Waals surface area (Å²) in [4.78, 5) is 0. The van der Waals surface area contributed by atoms with Gasteiger partial charge in [-0.05, 0) is 30.7 Å². The standard InChI is InChI=1S/C14H13BrO/c1-11-5-4-7-13(9-11)16-10-12-6-2-3-8-14(12)15/h2-9H,10H2,1H3. The van der Waals surface area contributed by atoms with E-state index in [-0.39, 0.29) is 0 Å². The molecule has 2 heteroatoms. The topological polar surface area (TPSA) is 9.23 Å². The summed E-state index contributed by atoms with van der Waals surface area (Å²) in [7, 11) is 0. The van der Waals surface area contributed by atoms with Crippen LogP contribution in [0.15, 0.2) is 53.0 Å². The molecule has 16 heavy (non-hydrogen) atoms. The Morgan fingerprint density at radius 3 is 2.62 bits per heavy atom. The van der Waals surface area contributed by atoms with Gasteiger partial charge in [0.2, 0.25) is 0 Å². The zero-order chi connectivity index (χ0) is 11.4. The molecule has 0 heterocycles. The van der Waals surface area contributed by atoms with Crippen LogP contribution in [0.5, 0.6) is 5.75 Å². The van der Waals surface area contributed by atoms with Crippen molar-refractivity contribution in [1.29, 1.82) is 0 Å². The fourth-order valence-electron chi connectivity index (χ4n) is 1.48.